The fourth-order valence-electron chi connectivity index (χ4n) is 4.09. The zero-order chi connectivity index (χ0) is 17.4. The van der Waals surface area contributed by atoms with Gasteiger partial charge in [-0.25, -0.2) is 0 Å². The van der Waals surface area contributed by atoms with E-state index in [1.54, 1.807) is 0 Å². The van der Waals surface area contributed by atoms with Crippen LogP contribution in [0.2, 0.25) is 0 Å². The van der Waals surface area contributed by atoms with Crippen molar-refractivity contribution < 1.29 is 5.11 Å². The van der Waals surface area contributed by atoms with Crippen LogP contribution in [0.25, 0.3) is 0 Å². The van der Waals surface area contributed by atoms with Gasteiger partial charge in [0.1, 0.15) is 0 Å². The molecule has 1 aliphatic rings. The van der Waals surface area contributed by atoms with Crippen LogP contribution in [-0.2, 0) is 19.3 Å². The van der Waals surface area contributed by atoms with Crippen LogP contribution < -0.4 is 5.73 Å². The Labute approximate surface area is 148 Å². The molecule has 0 aromatic heterocycles. The number of aryl methyl sites for hydroxylation is 2. The first kappa shape index (κ1) is 19.5. The maximum absolute atomic E-state index is 9.68. The van der Waals surface area contributed by atoms with E-state index in [0.717, 1.165) is 25.7 Å². The molecule has 0 fully saturated rings. The van der Waals surface area contributed by atoms with Crippen LogP contribution in [0.1, 0.15) is 81.9 Å². The Kier molecular flexibility index (Phi) is 7.77. The molecule has 0 heterocycles. The quantitative estimate of drug-likeness (QED) is 0.605. The molecule has 1 aromatic rings. The third-order valence-electron chi connectivity index (χ3n) is 6.08. The summed E-state index contributed by atoms with van der Waals surface area (Å²) < 4.78 is 0. The van der Waals surface area contributed by atoms with E-state index < -0.39 is 5.54 Å². The molecule has 136 valence electrons. The molecule has 0 spiro atoms. The SMILES string of the molecule is CCCCCCCCc1ccc2c(c1)CCC(C(N)(CC)CO)C2. The Hall–Kier alpha value is -0.860. The number of nitrogens with two attached hydrogens (primary N) is 1. The van der Waals surface area contributed by atoms with Crippen LogP contribution in [0.15, 0.2) is 18.2 Å². The molecule has 2 unspecified atom stereocenters. The van der Waals surface area contributed by atoms with Crippen molar-refractivity contribution in [2.75, 3.05) is 6.61 Å². The summed E-state index contributed by atoms with van der Waals surface area (Å²) in [6.45, 7) is 4.46. The molecule has 1 aromatic carbocycles. The van der Waals surface area contributed by atoms with Gasteiger partial charge in [0.2, 0.25) is 0 Å². The highest BCUT2D eigenvalue weighted by Crippen LogP contribution is 2.33. The second-order valence-electron chi connectivity index (χ2n) is 7.81. The van der Waals surface area contributed by atoms with Crippen molar-refractivity contribution in [3.8, 4) is 0 Å². The summed E-state index contributed by atoms with van der Waals surface area (Å²) in [6.07, 6.45) is 13.5. The summed E-state index contributed by atoms with van der Waals surface area (Å²) in [7, 11) is 0. The Morgan fingerprint density at radius 1 is 1.08 bits per heavy atom. The minimum absolute atomic E-state index is 0.0968. The normalized spacial score (nSPS) is 19.8. The fourth-order valence-corrected chi connectivity index (χ4v) is 4.09. The predicted octanol–water partition coefficient (Wildman–Crippen LogP) is 4.79. The molecule has 0 radical (unpaired) electrons. The van der Waals surface area contributed by atoms with E-state index in [4.69, 9.17) is 5.73 Å². The molecule has 0 amide bonds. The van der Waals surface area contributed by atoms with Crippen LogP contribution in [0, 0.1) is 5.92 Å². The van der Waals surface area contributed by atoms with E-state index in [9.17, 15) is 5.11 Å². The summed E-state index contributed by atoms with van der Waals surface area (Å²) in [6, 6.07) is 7.07. The highest BCUT2D eigenvalue weighted by molar-refractivity contribution is 5.35. The number of fused-ring (bicyclic) bond motifs is 1. The van der Waals surface area contributed by atoms with Crippen LogP contribution in [0.3, 0.4) is 0 Å². The topological polar surface area (TPSA) is 46.2 Å². The van der Waals surface area contributed by atoms with Crippen LogP contribution >= 0.6 is 0 Å². The van der Waals surface area contributed by atoms with Crippen molar-refractivity contribution in [1.82, 2.24) is 0 Å². The summed E-state index contributed by atoms with van der Waals surface area (Å²) in [5.74, 6) is 0.407. The molecule has 2 heteroatoms. The molecule has 1 aliphatic carbocycles. The van der Waals surface area contributed by atoms with E-state index in [1.165, 1.54) is 61.6 Å². The molecular weight excluding hydrogens is 294 g/mol. The molecule has 24 heavy (non-hydrogen) atoms. The molecule has 2 rings (SSSR count). The maximum atomic E-state index is 9.68. The van der Waals surface area contributed by atoms with E-state index in [2.05, 4.69) is 32.0 Å². The van der Waals surface area contributed by atoms with Crippen molar-refractivity contribution in [3.63, 3.8) is 0 Å². The molecule has 0 saturated carbocycles. The molecular formula is C22H37NO. The van der Waals surface area contributed by atoms with E-state index >= 15 is 0 Å². The number of aliphatic hydroxyl groups is 1. The summed E-state index contributed by atoms with van der Waals surface area (Å²) in [5.41, 5.74) is 10.5. The predicted molar refractivity (Wildman–Crippen MR) is 103 cm³/mol. The van der Waals surface area contributed by atoms with Crippen LogP contribution in [-0.4, -0.2) is 17.3 Å². The first-order chi connectivity index (χ1) is 11.6. The van der Waals surface area contributed by atoms with Gasteiger partial charge in [-0.2, -0.15) is 0 Å². The number of benzene rings is 1. The van der Waals surface area contributed by atoms with E-state index in [1.807, 2.05) is 0 Å². The average molecular weight is 332 g/mol. The van der Waals surface area contributed by atoms with Crippen molar-refractivity contribution in [2.24, 2.45) is 11.7 Å². The lowest BCUT2D eigenvalue weighted by atomic mass is 9.72. The van der Waals surface area contributed by atoms with Gasteiger partial charge in [0.15, 0.2) is 0 Å². The lowest BCUT2D eigenvalue weighted by Gasteiger charge is -2.38. The summed E-state index contributed by atoms with van der Waals surface area (Å²) in [5, 5.41) is 9.68. The van der Waals surface area contributed by atoms with Gasteiger partial charge in [0.05, 0.1) is 6.61 Å². The number of hydrogen-bond donors (Lipinski definition) is 2. The van der Waals surface area contributed by atoms with Gasteiger partial charge in [-0.15, -0.1) is 0 Å². The first-order valence-electron chi connectivity index (χ1n) is 10.1. The van der Waals surface area contributed by atoms with Crippen molar-refractivity contribution in [1.29, 1.82) is 0 Å². The van der Waals surface area contributed by atoms with Gasteiger partial charge in [0.25, 0.3) is 0 Å². The van der Waals surface area contributed by atoms with E-state index in [0.29, 0.717) is 5.92 Å². The molecule has 0 aliphatic heterocycles. The average Bonchev–Trinajstić information content (AvgIpc) is 2.63. The molecule has 2 nitrogen and oxygen atoms in total. The van der Waals surface area contributed by atoms with Crippen LogP contribution in [0.5, 0.6) is 0 Å². The highest BCUT2D eigenvalue weighted by Gasteiger charge is 2.34. The minimum atomic E-state index is -0.408. The zero-order valence-corrected chi connectivity index (χ0v) is 15.8. The smallest absolute Gasteiger partial charge is 0.0613 e. The van der Waals surface area contributed by atoms with Crippen molar-refractivity contribution in [2.45, 2.75) is 90.0 Å². The van der Waals surface area contributed by atoms with Gasteiger partial charge in [-0.1, -0.05) is 64.2 Å². The Morgan fingerprint density at radius 3 is 2.54 bits per heavy atom. The van der Waals surface area contributed by atoms with Gasteiger partial charge in [0, 0.05) is 5.54 Å². The summed E-state index contributed by atoms with van der Waals surface area (Å²) >= 11 is 0. The Morgan fingerprint density at radius 2 is 1.83 bits per heavy atom. The number of rotatable bonds is 10. The minimum Gasteiger partial charge on any atom is -0.394 e. The van der Waals surface area contributed by atoms with Crippen molar-refractivity contribution in [3.05, 3.63) is 34.9 Å². The first-order valence-corrected chi connectivity index (χ1v) is 10.1. The monoisotopic (exact) mass is 331 g/mol. The lowest BCUT2D eigenvalue weighted by Crippen LogP contribution is -2.51. The van der Waals surface area contributed by atoms with Gasteiger partial charge in [-0.3, -0.25) is 0 Å². The van der Waals surface area contributed by atoms with Crippen LogP contribution in [0.4, 0.5) is 0 Å². The molecule has 0 saturated heterocycles. The van der Waals surface area contributed by atoms with Gasteiger partial charge >= 0.3 is 0 Å². The molecule has 3 N–H and O–H groups in total. The summed E-state index contributed by atoms with van der Waals surface area (Å²) in [4.78, 5) is 0. The van der Waals surface area contributed by atoms with Crippen molar-refractivity contribution >= 4 is 0 Å². The maximum Gasteiger partial charge on any atom is 0.0613 e. The third-order valence-corrected chi connectivity index (χ3v) is 6.08. The lowest BCUT2D eigenvalue weighted by molar-refractivity contribution is 0.125. The molecule has 2 atom stereocenters. The second kappa shape index (κ2) is 9.58. The van der Waals surface area contributed by atoms with Gasteiger partial charge in [-0.05, 0) is 61.1 Å². The highest BCUT2D eigenvalue weighted by atomic mass is 16.3. The fraction of sp³-hybridized carbons (Fsp3) is 0.727. The standard InChI is InChI=1S/C22H37NO/c1-3-5-6-7-8-9-10-18-11-12-20-16-21(14-13-19(20)15-18)22(23,4-2)17-24/h11-12,15,21,24H,3-10,13-14,16-17,23H2,1-2H3. The zero-order valence-electron chi connectivity index (χ0n) is 15.8. The Balaban J connectivity index is 1.87. The number of unbranched alkanes of at least 4 members (excludes halogenated alkanes) is 5. The largest absolute Gasteiger partial charge is 0.394 e. The second-order valence-corrected chi connectivity index (χ2v) is 7.81. The number of aliphatic hydroxyl groups excluding tert-OH is 1. The van der Waals surface area contributed by atoms with Gasteiger partial charge < -0.3 is 10.8 Å². The Bertz CT molecular complexity index is 493. The third kappa shape index (κ3) is 5.07. The molecule has 0 bridgehead atoms. The number of hydrogen-bond acceptors (Lipinski definition) is 2. The van der Waals surface area contributed by atoms with E-state index in [-0.39, 0.29) is 6.61 Å².